The van der Waals surface area contributed by atoms with Crippen LogP contribution in [0.25, 0.3) is 0 Å². The van der Waals surface area contributed by atoms with Crippen LogP contribution in [-0.2, 0) is 6.54 Å². The number of nitrogens with one attached hydrogen (secondary N) is 1. The van der Waals surface area contributed by atoms with E-state index in [2.05, 4.69) is 10.5 Å². The van der Waals surface area contributed by atoms with Crippen LogP contribution >= 0.6 is 0 Å². The highest BCUT2D eigenvalue weighted by Gasteiger charge is 2.30. The molecular weight excluding hydrogens is 266 g/mol. The molecule has 0 bridgehead atoms. The summed E-state index contributed by atoms with van der Waals surface area (Å²) in [7, 11) is 0. The number of amidine groups is 1. The second-order valence-corrected chi connectivity index (χ2v) is 6.01. The van der Waals surface area contributed by atoms with Crippen molar-refractivity contribution in [3.8, 4) is 0 Å². The molecule has 0 heterocycles. The Labute approximate surface area is 125 Å². The van der Waals surface area contributed by atoms with Crippen molar-refractivity contribution in [3.63, 3.8) is 0 Å². The van der Waals surface area contributed by atoms with Gasteiger partial charge < -0.3 is 21.4 Å². The highest BCUT2D eigenvalue weighted by atomic mass is 16.4. The van der Waals surface area contributed by atoms with Crippen molar-refractivity contribution in [1.29, 1.82) is 0 Å². The minimum Gasteiger partial charge on any atom is -0.409 e. The third-order valence-electron chi connectivity index (χ3n) is 4.41. The van der Waals surface area contributed by atoms with Crippen LogP contribution < -0.4 is 11.1 Å². The molecule has 1 aliphatic carbocycles. The summed E-state index contributed by atoms with van der Waals surface area (Å²) in [6, 6.07) is 7.63. The molecule has 5 N–H and O–H groups in total. The summed E-state index contributed by atoms with van der Waals surface area (Å²) in [6.07, 6.45) is 5.90. The largest absolute Gasteiger partial charge is 0.409 e. The summed E-state index contributed by atoms with van der Waals surface area (Å²) in [5.41, 5.74) is 7.44. The van der Waals surface area contributed by atoms with Crippen molar-refractivity contribution in [2.75, 3.05) is 13.2 Å². The Morgan fingerprint density at radius 1 is 1.29 bits per heavy atom. The standard InChI is InChI=1S/C16H25N3O2/c17-15(19-21)14-6-4-5-13(9-14)10-18-11-16(12-20)7-2-1-3-8-16/h4-6,9,18,20-21H,1-3,7-8,10-12H2,(H2,17,19). The number of nitrogens with zero attached hydrogens (tertiary/aromatic N) is 1. The second kappa shape index (κ2) is 7.43. The zero-order valence-electron chi connectivity index (χ0n) is 12.4. The average Bonchev–Trinajstić information content (AvgIpc) is 2.55. The van der Waals surface area contributed by atoms with E-state index >= 15 is 0 Å². The number of nitrogens with two attached hydrogens (primary N) is 1. The van der Waals surface area contributed by atoms with Gasteiger partial charge in [0, 0.05) is 30.7 Å². The van der Waals surface area contributed by atoms with E-state index in [0.717, 1.165) is 24.9 Å². The number of aliphatic hydroxyl groups excluding tert-OH is 1. The van der Waals surface area contributed by atoms with Crippen molar-refractivity contribution in [3.05, 3.63) is 35.4 Å². The molecule has 116 valence electrons. The van der Waals surface area contributed by atoms with Crippen LogP contribution in [-0.4, -0.2) is 29.3 Å². The zero-order chi connectivity index (χ0) is 15.1. The zero-order valence-corrected chi connectivity index (χ0v) is 12.4. The summed E-state index contributed by atoms with van der Waals surface area (Å²) in [4.78, 5) is 0. The van der Waals surface area contributed by atoms with Gasteiger partial charge in [0.05, 0.1) is 0 Å². The summed E-state index contributed by atoms with van der Waals surface area (Å²) >= 11 is 0. The van der Waals surface area contributed by atoms with Crippen LogP contribution in [0.15, 0.2) is 29.4 Å². The lowest BCUT2D eigenvalue weighted by atomic mass is 9.74. The van der Waals surface area contributed by atoms with Crippen LogP contribution in [0.5, 0.6) is 0 Å². The molecule has 0 atom stereocenters. The van der Waals surface area contributed by atoms with E-state index in [1.165, 1.54) is 19.3 Å². The third-order valence-corrected chi connectivity index (χ3v) is 4.41. The SMILES string of the molecule is N/C(=N/O)c1cccc(CNCC2(CO)CCCCC2)c1. The van der Waals surface area contributed by atoms with Gasteiger partial charge in [-0.2, -0.15) is 0 Å². The number of oxime groups is 1. The number of aliphatic hydroxyl groups is 1. The highest BCUT2D eigenvalue weighted by molar-refractivity contribution is 5.97. The minimum absolute atomic E-state index is 0.0431. The van der Waals surface area contributed by atoms with Crippen molar-refractivity contribution in [1.82, 2.24) is 5.32 Å². The maximum absolute atomic E-state index is 9.69. The summed E-state index contributed by atoms with van der Waals surface area (Å²) in [5, 5.41) is 24.9. The number of hydrogen-bond donors (Lipinski definition) is 4. The Balaban J connectivity index is 1.91. The Kier molecular flexibility index (Phi) is 5.59. The Hall–Kier alpha value is -1.59. The van der Waals surface area contributed by atoms with Gasteiger partial charge in [0.15, 0.2) is 5.84 Å². The van der Waals surface area contributed by atoms with Gasteiger partial charge in [-0.1, -0.05) is 42.6 Å². The first-order valence-electron chi connectivity index (χ1n) is 7.57. The molecule has 0 unspecified atom stereocenters. The first kappa shape index (κ1) is 15.8. The van der Waals surface area contributed by atoms with Gasteiger partial charge in [-0.05, 0) is 24.5 Å². The van der Waals surface area contributed by atoms with Gasteiger partial charge in [-0.15, -0.1) is 0 Å². The van der Waals surface area contributed by atoms with E-state index in [-0.39, 0.29) is 17.9 Å². The fourth-order valence-corrected chi connectivity index (χ4v) is 3.06. The molecule has 21 heavy (non-hydrogen) atoms. The molecule has 1 aromatic rings. The van der Waals surface area contributed by atoms with E-state index in [0.29, 0.717) is 12.1 Å². The fraction of sp³-hybridized carbons (Fsp3) is 0.562. The van der Waals surface area contributed by atoms with Gasteiger partial charge in [0.25, 0.3) is 0 Å². The van der Waals surface area contributed by atoms with Crippen LogP contribution in [0, 0.1) is 5.41 Å². The molecule has 1 saturated carbocycles. The Bertz CT molecular complexity index is 482. The first-order chi connectivity index (χ1) is 10.2. The lowest BCUT2D eigenvalue weighted by molar-refractivity contribution is 0.0810. The van der Waals surface area contributed by atoms with E-state index in [1.807, 2.05) is 24.3 Å². The smallest absolute Gasteiger partial charge is 0.170 e. The maximum atomic E-state index is 9.69. The van der Waals surface area contributed by atoms with Crippen molar-refractivity contribution in [2.45, 2.75) is 38.6 Å². The lowest BCUT2D eigenvalue weighted by Crippen LogP contribution is -2.38. The third kappa shape index (κ3) is 4.19. The van der Waals surface area contributed by atoms with Gasteiger partial charge in [-0.25, -0.2) is 0 Å². The Morgan fingerprint density at radius 3 is 2.71 bits per heavy atom. The molecule has 0 amide bonds. The van der Waals surface area contributed by atoms with Gasteiger partial charge in [-0.3, -0.25) is 0 Å². The van der Waals surface area contributed by atoms with Crippen molar-refractivity contribution >= 4 is 5.84 Å². The molecule has 0 radical (unpaired) electrons. The second-order valence-electron chi connectivity index (χ2n) is 6.01. The molecule has 1 fully saturated rings. The molecule has 5 heteroatoms. The number of benzene rings is 1. The van der Waals surface area contributed by atoms with Crippen LogP contribution in [0.2, 0.25) is 0 Å². The van der Waals surface area contributed by atoms with E-state index in [9.17, 15) is 5.11 Å². The predicted molar refractivity (Wildman–Crippen MR) is 83.3 cm³/mol. The van der Waals surface area contributed by atoms with Crippen molar-refractivity contribution in [2.24, 2.45) is 16.3 Å². The van der Waals surface area contributed by atoms with Gasteiger partial charge in [0.2, 0.25) is 0 Å². The number of rotatable bonds is 6. The molecule has 5 nitrogen and oxygen atoms in total. The molecule has 2 rings (SSSR count). The van der Waals surface area contributed by atoms with Gasteiger partial charge in [0.1, 0.15) is 0 Å². The first-order valence-corrected chi connectivity index (χ1v) is 7.57. The van der Waals surface area contributed by atoms with Crippen LogP contribution in [0.4, 0.5) is 0 Å². The summed E-state index contributed by atoms with van der Waals surface area (Å²) in [6.45, 7) is 1.80. The highest BCUT2D eigenvalue weighted by Crippen LogP contribution is 2.35. The van der Waals surface area contributed by atoms with E-state index in [4.69, 9.17) is 10.9 Å². The Morgan fingerprint density at radius 2 is 2.05 bits per heavy atom. The monoisotopic (exact) mass is 291 g/mol. The van der Waals surface area contributed by atoms with E-state index in [1.54, 1.807) is 0 Å². The van der Waals surface area contributed by atoms with Crippen LogP contribution in [0.1, 0.15) is 43.2 Å². The predicted octanol–water partition coefficient (Wildman–Crippen LogP) is 1.81. The molecule has 0 aromatic heterocycles. The fourth-order valence-electron chi connectivity index (χ4n) is 3.06. The molecule has 1 aliphatic rings. The molecule has 0 saturated heterocycles. The van der Waals surface area contributed by atoms with Crippen molar-refractivity contribution < 1.29 is 10.3 Å². The van der Waals surface area contributed by atoms with Crippen LogP contribution in [0.3, 0.4) is 0 Å². The number of hydrogen-bond acceptors (Lipinski definition) is 4. The summed E-state index contributed by atoms with van der Waals surface area (Å²) in [5.74, 6) is 0.121. The molecule has 1 aromatic carbocycles. The molecular formula is C16H25N3O2. The quantitative estimate of drug-likeness (QED) is 0.278. The van der Waals surface area contributed by atoms with Gasteiger partial charge >= 0.3 is 0 Å². The van der Waals surface area contributed by atoms with E-state index < -0.39 is 0 Å². The minimum atomic E-state index is 0.0431. The summed E-state index contributed by atoms with van der Waals surface area (Å²) < 4.78 is 0. The lowest BCUT2D eigenvalue weighted by Gasteiger charge is -2.35. The normalized spacial score (nSPS) is 18.6. The topological polar surface area (TPSA) is 90.9 Å². The molecule has 0 spiro atoms. The maximum Gasteiger partial charge on any atom is 0.170 e. The molecule has 0 aliphatic heterocycles. The average molecular weight is 291 g/mol.